The van der Waals surface area contributed by atoms with Gasteiger partial charge in [-0.15, -0.1) is 10.2 Å². The van der Waals surface area contributed by atoms with Gasteiger partial charge in [0.2, 0.25) is 5.91 Å². The van der Waals surface area contributed by atoms with E-state index in [9.17, 15) is 4.79 Å². The lowest BCUT2D eigenvalue weighted by Gasteiger charge is -2.10. The fourth-order valence-electron chi connectivity index (χ4n) is 2.71. The molecule has 0 atom stereocenters. The van der Waals surface area contributed by atoms with Crippen molar-refractivity contribution >= 4 is 23.4 Å². The maximum atomic E-state index is 12.2. The lowest BCUT2D eigenvalue weighted by Crippen LogP contribution is -2.14. The second kappa shape index (κ2) is 9.93. The van der Waals surface area contributed by atoms with Gasteiger partial charge < -0.3 is 14.8 Å². The molecule has 1 aromatic heterocycles. The first-order valence-electron chi connectivity index (χ1n) is 9.20. The molecule has 0 radical (unpaired) electrons. The van der Waals surface area contributed by atoms with Crippen LogP contribution in [0.5, 0.6) is 11.5 Å². The van der Waals surface area contributed by atoms with Crippen molar-refractivity contribution in [1.82, 2.24) is 10.2 Å². The fraction of sp³-hybridized carbons (Fsp3) is 0.227. The molecule has 0 aliphatic rings. The van der Waals surface area contributed by atoms with Crippen LogP contribution in [-0.4, -0.2) is 36.1 Å². The molecule has 0 fully saturated rings. The summed E-state index contributed by atoms with van der Waals surface area (Å²) in [5.74, 6) is 1.55. The number of amides is 1. The number of aryl methyl sites for hydroxylation is 1. The Kier molecular flexibility index (Phi) is 7.08. The molecule has 1 amide bonds. The number of thioether (sulfide) groups is 1. The zero-order valence-electron chi connectivity index (χ0n) is 16.6. The summed E-state index contributed by atoms with van der Waals surface area (Å²) in [5.41, 5.74) is 3.54. The monoisotopic (exact) mass is 409 g/mol. The Balaban J connectivity index is 1.59. The topological polar surface area (TPSA) is 73.3 Å². The van der Waals surface area contributed by atoms with Crippen LogP contribution in [0.3, 0.4) is 0 Å². The summed E-state index contributed by atoms with van der Waals surface area (Å²) in [4.78, 5) is 12.2. The summed E-state index contributed by atoms with van der Waals surface area (Å²) in [5, 5.41) is 12.1. The summed E-state index contributed by atoms with van der Waals surface area (Å²) in [6.07, 6.45) is 0.973. The van der Waals surface area contributed by atoms with Crippen LogP contribution in [0.15, 0.2) is 59.6 Å². The van der Waals surface area contributed by atoms with Gasteiger partial charge in [0.05, 0.1) is 25.7 Å². The molecule has 2 aromatic carbocycles. The number of aromatic nitrogens is 2. The lowest BCUT2D eigenvalue weighted by atomic mass is 10.1. The highest BCUT2D eigenvalue weighted by atomic mass is 32.2. The number of carbonyl (C=O) groups excluding carboxylic acids is 1. The Bertz CT molecular complexity index is 960. The van der Waals surface area contributed by atoms with E-state index in [1.807, 2.05) is 48.5 Å². The minimum absolute atomic E-state index is 0.0815. The van der Waals surface area contributed by atoms with E-state index >= 15 is 0 Å². The van der Waals surface area contributed by atoms with Gasteiger partial charge in [0.15, 0.2) is 0 Å². The molecule has 0 aliphatic carbocycles. The molecule has 29 heavy (non-hydrogen) atoms. The number of methoxy groups -OCH3 is 2. The Morgan fingerprint density at radius 1 is 1.00 bits per heavy atom. The van der Waals surface area contributed by atoms with Gasteiger partial charge in [-0.1, -0.05) is 30.8 Å². The summed E-state index contributed by atoms with van der Waals surface area (Å²) < 4.78 is 10.6. The Labute approximate surface area is 174 Å². The van der Waals surface area contributed by atoms with Gasteiger partial charge in [0.1, 0.15) is 16.5 Å². The first kappa shape index (κ1) is 20.7. The first-order valence-corrected chi connectivity index (χ1v) is 10.2. The smallest absolute Gasteiger partial charge is 0.234 e. The summed E-state index contributed by atoms with van der Waals surface area (Å²) in [6, 6.07) is 17.1. The third-order valence-electron chi connectivity index (χ3n) is 4.32. The van der Waals surface area contributed by atoms with Gasteiger partial charge in [-0.3, -0.25) is 4.79 Å². The third kappa shape index (κ3) is 5.48. The van der Waals surface area contributed by atoms with Crippen LogP contribution in [0.2, 0.25) is 0 Å². The van der Waals surface area contributed by atoms with Crippen molar-refractivity contribution in [1.29, 1.82) is 0 Å². The average molecular weight is 410 g/mol. The molecule has 3 rings (SSSR count). The second-order valence-corrected chi connectivity index (χ2v) is 7.21. The second-order valence-electron chi connectivity index (χ2n) is 6.21. The normalized spacial score (nSPS) is 10.4. The zero-order valence-corrected chi connectivity index (χ0v) is 17.5. The van der Waals surface area contributed by atoms with Crippen molar-refractivity contribution in [3.63, 3.8) is 0 Å². The lowest BCUT2D eigenvalue weighted by molar-refractivity contribution is -0.113. The van der Waals surface area contributed by atoms with Gasteiger partial charge in [-0.2, -0.15) is 0 Å². The minimum Gasteiger partial charge on any atom is -0.497 e. The molecule has 1 heterocycles. The van der Waals surface area contributed by atoms with Crippen molar-refractivity contribution in [3.05, 3.63) is 60.2 Å². The van der Waals surface area contributed by atoms with Crippen LogP contribution in [0.1, 0.15) is 12.5 Å². The molecule has 0 aliphatic heterocycles. The van der Waals surface area contributed by atoms with E-state index in [1.54, 1.807) is 20.3 Å². The summed E-state index contributed by atoms with van der Waals surface area (Å²) >= 11 is 1.34. The van der Waals surface area contributed by atoms with E-state index in [1.165, 1.54) is 17.3 Å². The molecular weight excluding hydrogens is 386 g/mol. The fourth-order valence-corrected chi connectivity index (χ4v) is 3.33. The Morgan fingerprint density at radius 3 is 2.41 bits per heavy atom. The van der Waals surface area contributed by atoms with Crippen LogP contribution in [0, 0.1) is 0 Å². The molecule has 1 N–H and O–H groups in total. The van der Waals surface area contributed by atoms with Gasteiger partial charge >= 0.3 is 0 Å². The highest BCUT2D eigenvalue weighted by molar-refractivity contribution is 7.99. The Hall–Kier alpha value is -3.06. The van der Waals surface area contributed by atoms with Crippen molar-refractivity contribution in [2.45, 2.75) is 18.4 Å². The third-order valence-corrected chi connectivity index (χ3v) is 5.24. The molecule has 0 saturated carbocycles. The largest absolute Gasteiger partial charge is 0.497 e. The maximum Gasteiger partial charge on any atom is 0.234 e. The van der Waals surface area contributed by atoms with E-state index in [-0.39, 0.29) is 11.7 Å². The number of nitrogens with zero attached hydrogens (tertiary/aromatic N) is 2. The predicted octanol–water partition coefficient (Wildman–Crippen LogP) is 4.45. The highest BCUT2D eigenvalue weighted by Crippen LogP contribution is 2.32. The van der Waals surface area contributed by atoms with Crippen molar-refractivity contribution in [2.24, 2.45) is 0 Å². The molecule has 0 unspecified atom stereocenters. The van der Waals surface area contributed by atoms with E-state index in [0.29, 0.717) is 22.2 Å². The van der Waals surface area contributed by atoms with Crippen molar-refractivity contribution in [3.8, 4) is 22.8 Å². The van der Waals surface area contributed by atoms with Crippen molar-refractivity contribution < 1.29 is 14.3 Å². The van der Waals surface area contributed by atoms with Crippen LogP contribution in [0.4, 0.5) is 5.69 Å². The average Bonchev–Trinajstić information content (AvgIpc) is 2.78. The number of rotatable bonds is 8. The number of nitrogens with one attached hydrogen (secondary N) is 1. The van der Waals surface area contributed by atoms with Gasteiger partial charge in [0.25, 0.3) is 0 Å². The molecule has 150 valence electrons. The Morgan fingerprint density at radius 2 is 1.79 bits per heavy atom. The number of anilines is 1. The maximum absolute atomic E-state index is 12.2. The van der Waals surface area contributed by atoms with Crippen molar-refractivity contribution in [2.75, 3.05) is 25.3 Å². The van der Waals surface area contributed by atoms with E-state index in [2.05, 4.69) is 22.4 Å². The molecule has 0 saturated heterocycles. The molecule has 7 heteroatoms. The van der Waals surface area contributed by atoms with Gasteiger partial charge in [-0.25, -0.2) is 0 Å². The number of hydrogen-bond acceptors (Lipinski definition) is 6. The predicted molar refractivity (Wildman–Crippen MR) is 116 cm³/mol. The van der Waals surface area contributed by atoms with E-state index < -0.39 is 0 Å². The van der Waals surface area contributed by atoms with Crippen LogP contribution < -0.4 is 14.8 Å². The van der Waals surface area contributed by atoms with Gasteiger partial charge in [0, 0.05) is 17.3 Å². The summed E-state index contributed by atoms with van der Waals surface area (Å²) in [6.45, 7) is 2.10. The number of benzene rings is 2. The molecule has 0 spiro atoms. The molecule has 3 aromatic rings. The van der Waals surface area contributed by atoms with Crippen LogP contribution in [0.25, 0.3) is 11.3 Å². The molecule has 0 bridgehead atoms. The first-order chi connectivity index (χ1) is 14.1. The summed E-state index contributed by atoms with van der Waals surface area (Å²) in [7, 11) is 3.21. The van der Waals surface area contributed by atoms with Gasteiger partial charge in [-0.05, 0) is 48.4 Å². The molecular formula is C22H23N3O3S. The van der Waals surface area contributed by atoms with E-state index in [4.69, 9.17) is 9.47 Å². The number of ether oxygens (including phenoxy) is 2. The SMILES string of the molecule is CCc1ccc(NC(=O)CSc2ccc(-c3ccc(OC)cc3OC)nn2)cc1. The van der Waals surface area contributed by atoms with Crippen LogP contribution in [-0.2, 0) is 11.2 Å². The minimum atomic E-state index is -0.0815. The number of hydrogen-bond donors (Lipinski definition) is 1. The van der Waals surface area contributed by atoms with E-state index in [0.717, 1.165) is 17.7 Å². The quantitative estimate of drug-likeness (QED) is 0.554. The molecule has 6 nitrogen and oxygen atoms in total. The number of carbonyl (C=O) groups is 1. The standard InChI is InChI=1S/C22H23N3O3S/c1-4-15-5-7-16(8-6-15)23-21(26)14-29-22-12-11-19(24-25-22)18-10-9-17(27-2)13-20(18)28-3/h5-13H,4,14H2,1-3H3,(H,23,26). The van der Waals surface area contributed by atoms with Crippen LogP contribution >= 0.6 is 11.8 Å². The highest BCUT2D eigenvalue weighted by Gasteiger charge is 2.11. The zero-order chi connectivity index (χ0) is 20.6.